The van der Waals surface area contributed by atoms with Crippen LogP contribution in [0.15, 0.2) is 52.3 Å². The molecule has 2 aromatic rings. The number of nitrogens with zero attached hydrogens (tertiary/aromatic N) is 2. The van der Waals surface area contributed by atoms with Crippen LogP contribution in [-0.2, 0) is 14.4 Å². The van der Waals surface area contributed by atoms with Gasteiger partial charge in [-0.1, -0.05) is 23.9 Å². The first-order valence-electron chi connectivity index (χ1n) is 11.8. The number of rotatable bonds is 8. The van der Waals surface area contributed by atoms with Crippen molar-refractivity contribution in [3.63, 3.8) is 0 Å². The fourth-order valence-corrected chi connectivity index (χ4v) is 5.45. The third kappa shape index (κ3) is 7.37. The number of aliphatic hydroxyl groups is 1. The van der Waals surface area contributed by atoms with Gasteiger partial charge in [0.2, 0.25) is 0 Å². The Bertz CT molecular complexity index is 1120. The molecule has 200 valence electrons. The minimum absolute atomic E-state index is 0.757. The number of anilines is 2. The number of ether oxygens (including phenoxy) is 1. The van der Waals surface area contributed by atoms with Crippen LogP contribution in [0.4, 0.5) is 11.4 Å². The van der Waals surface area contributed by atoms with Crippen molar-refractivity contribution in [2.24, 2.45) is 5.92 Å². The van der Waals surface area contributed by atoms with Crippen molar-refractivity contribution < 1.29 is 39.5 Å². The van der Waals surface area contributed by atoms with Gasteiger partial charge in [-0.05, 0) is 69.2 Å². The Morgan fingerprint density at radius 1 is 1.00 bits per heavy atom. The van der Waals surface area contributed by atoms with E-state index >= 15 is 0 Å². The van der Waals surface area contributed by atoms with E-state index in [0.717, 1.165) is 18.2 Å². The zero-order valence-electron chi connectivity index (χ0n) is 20.7. The number of hydrogen-bond acceptors (Lipinski definition) is 11. The molecule has 11 heteroatoms. The summed E-state index contributed by atoms with van der Waals surface area (Å²) < 4.78 is 5.43. The number of aliphatic carboxylic acids is 3. The Kier molecular flexibility index (Phi) is 9.41. The predicted octanol–water partition coefficient (Wildman–Crippen LogP) is -0.613. The molecule has 0 atom stereocenters. The number of carboxylic acids is 3. The average Bonchev–Trinajstić information content (AvgIpc) is 2.84. The van der Waals surface area contributed by atoms with Crippen molar-refractivity contribution in [2.75, 3.05) is 38.7 Å². The molecule has 0 spiro atoms. The third-order valence-electron chi connectivity index (χ3n) is 6.37. The first kappa shape index (κ1) is 28.3. The van der Waals surface area contributed by atoms with Crippen molar-refractivity contribution in [2.45, 2.75) is 41.1 Å². The zero-order valence-corrected chi connectivity index (χ0v) is 21.5. The van der Waals surface area contributed by atoms with Gasteiger partial charge in [0.25, 0.3) is 0 Å². The van der Waals surface area contributed by atoms with Gasteiger partial charge in [-0.3, -0.25) is 0 Å². The SMILES string of the molecule is COc1ccc2c(c1)Sc1ccccc1N2CC1CCN(C)CC1.O=C([O-])CC(O)(CC(=O)[O-])C(=O)[O-]. The Morgan fingerprint density at radius 2 is 1.59 bits per heavy atom. The van der Waals surface area contributed by atoms with Gasteiger partial charge in [0.1, 0.15) is 11.4 Å². The number of fused-ring (bicyclic) bond motifs is 2. The summed E-state index contributed by atoms with van der Waals surface area (Å²) in [7, 11) is 3.96. The first-order valence-corrected chi connectivity index (χ1v) is 12.6. The Hall–Kier alpha value is -3.28. The second kappa shape index (κ2) is 12.3. The van der Waals surface area contributed by atoms with E-state index in [-0.39, 0.29) is 0 Å². The summed E-state index contributed by atoms with van der Waals surface area (Å²) >= 11 is 1.85. The molecule has 0 bridgehead atoms. The minimum Gasteiger partial charge on any atom is -0.550 e. The van der Waals surface area contributed by atoms with E-state index < -0.39 is 36.4 Å². The summed E-state index contributed by atoms with van der Waals surface area (Å²) in [4.78, 5) is 37.6. The number of likely N-dealkylation sites (tertiary alicyclic amines) is 1. The zero-order chi connectivity index (χ0) is 27.2. The first-order chi connectivity index (χ1) is 17.5. The van der Waals surface area contributed by atoms with Crippen molar-refractivity contribution in [1.29, 1.82) is 0 Å². The molecule has 0 aromatic heterocycles. The van der Waals surface area contributed by atoms with Crippen LogP contribution in [0.1, 0.15) is 25.7 Å². The van der Waals surface area contributed by atoms with E-state index in [0.29, 0.717) is 0 Å². The lowest BCUT2D eigenvalue weighted by atomic mass is 9.96. The highest BCUT2D eigenvalue weighted by atomic mass is 32.2. The van der Waals surface area contributed by atoms with Crippen molar-refractivity contribution in [1.82, 2.24) is 4.90 Å². The summed E-state index contributed by atoms with van der Waals surface area (Å²) in [5.74, 6) is -4.30. The number of carbonyl (C=O) groups is 3. The van der Waals surface area contributed by atoms with Crippen LogP contribution < -0.4 is 25.0 Å². The molecule has 37 heavy (non-hydrogen) atoms. The fraction of sp³-hybridized carbons (Fsp3) is 0.423. The standard InChI is InChI=1S/C20H24N2OS.C6H8O7/c1-21-11-9-15(10-12-21)14-22-17-5-3-4-6-19(17)24-20-13-16(23-2)7-8-18(20)22;7-3(8)1-6(13,5(11)12)2-4(9)10/h3-8,13,15H,9-12,14H2,1-2H3;13H,1-2H2,(H,7,8)(H,9,10)(H,11,12)/p-3. The van der Waals surface area contributed by atoms with Gasteiger partial charge in [-0.25, -0.2) is 0 Å². The van der Waals surface area contributed by atoms with Crippen LogP contribution in [0.25, 0.3) is 0 Å². The molecule has 0 unspecified atom stereocenters. The summed E-state index contributed by atoms with van der Waals surface area (Å²) in [6.07, 6.45) is -0.145. The molecule has 4 rings (SSSR count). The second-order valence-electron chi connectivity index (χ2n) is 9.18. The molecule has 2 aliphatic rings. The van der Waals surface area contributed by atoms with E-state index in [1.54, 1.807) is 7.11 Å². The van der Waals surface area contributed by atoms with Crippen molar-refractivity contribution in [3.8, 4) is 5.75 Å². The lowest BCUT2D eigenvalue weighted by Crippen LogP contribution is -2.54. The number of para-hydroxylation sites is 1. The lowest BCUT2D eigenvalue weighted by molar-refractivity contribution is -0.339. The lowest BCUT2D eigenvalue weighted by Gasteiger charge is -2.37. The highest BCUT2D eigenvalue weighted by molar-refractivity contribution is 7.99. The molecule has 2 heterocycles. The number of hydrogen-bond donors (Lipinski definition) is 1. The molecule has 1 fully saturated rings. The van der Waals surface area contributed by atoms with E-state index in [1.807, 2.05) is 11.8 Å². The maximum absolute atomic E-state index is 10.1. The molecule has 1 N–H and O–H groups in total. The molecule has 0 radical (unpaired) electrons. The van der Waals surface area contributed by atoms with Gasteiger partial charge in [-0.2, -0.15) is 0 Å². The number of methoxy groups -OCH3 is 1. The Morgan fingerprint density at radius 3 is 2.16 bits per heavy atom. The molecule has 2 aromatic carbocycles. The van der Waals surface area contributed by atoms with E-state index in [4.69, 9.17) is 9.84 Å². The van der Waals surface area contributed by atoms with Gasteiger partial charge in [-0.15, -0.1) is 0 Å². The average molecular weight is 530 g/mol. The van der Waals surface area contributed by atoms with E-state index in [2.05, 4.69) is 59.3 Å². The molecular weight excluding hydrogens is 500 g/mol. The number of carbonyl (C=O) groups excluding carboxylic acids is 3. The smallest absolute Gasteiger partial charge is 0.120 e. The van der Waals surface area contributed by atoms with Crippen molar-refractivity contribution >= 4 is 41.0 Å². The van der Waals surface area contributed by atoms with Crippen LogP contribution >= 0.6 is 11.8 Å². The molecule has 0 saturated carbocycles. The normalized spacial score (nSPS) is 15.6. The summed E-state index contributed by atoms with van der Waals surface area (Å²) in [5, 5.41) is 38.9. The van der Waals surface area contributed by atoms with Gasteiger partial charge >= 0.3 is 0 Å². The number of carboxylic acid groups (broad SMARTS) is 3. The molecule has 0 amide bonds. The molecular formula is C26H29N2O8S-3. The highest BCUT2D eigenvalue weighted by Crippen LogP contribution is 2.49. The van der Waals surface area contributed by atoms with Gasteiger partial charge in [0, 0.05) is 41.1 Å². The highest BCUT2D eigenvalue weighted by Gasteiger charge is 2.29. The van der Waals surface area contributed by atoms with Crippen LogP contribution in [0.5, 0.6) is 5.75 Å². The maximum Gasteiger partial charge on any atom is 0.120 e. The fourth-order valence-electron chi connectivity index (χ4n) is 4.32. The topological polar surface area (TPSA) is 156 Å². The summed E-state index contributed by atoms with van der Waals surface area (Å²) in [5.41, 5.74) is -0.310. The predicted molar refractivity (Wildman–Crippen MR) is 130 cm³/mol. The molecule has 0 aliphatic carbocycles. The van der Waals surface area contributed by atoms with Crippen molar-refractivity contribution in [3.05, 3.63) is 42.5 Å². The van der Waals surface area contributed by atoms with E-state index in [1.165, 1.54) is 47.1 Å². The van der Waals surface area contributed by atoms with Gasteiger partial charge in [0.15, 0.2) is 0 Å². The monoisotopic (exact) mass is 529 g/mol. The second-order valence-corrected chi connectivity index (χ2v) is 10.3. The molecule has 1 saturated heterocycles. The van der Waals surface area contributed by atoms with Crippen LogP contribution in [-0.4, -0.2) is 67.3 Å². The quantitative estimate of drug-likeness (QED) is 0.465. The third-order valence-corrected chi connectivity index (χ3v) is 7.48. The van der Waals surface area contributed by atoms with Crippen LogP contribution in [0.3, 0.4) is 0 Å². The summed E-state index contributed by atoms with van der Waals surface area (Å²) in [6.45, 7) is 3.53. The Labute approximate surface area is 219 Å². The molecule has 10 nitrogen and oxygen atoms in total. The van der Waals surface area contributed by atoms with Gasteiger partial charge in [0.05, 0.1) is 24.5 Å². The largest absolute Gasteiger partial charge is 0.550 e. The van der Waals surface area contributed by atoms with Crippen LogP contribution in [0, 0.1) is 5.92 Å². The minimum atomic E-state index is -2.97. The number of piperidine rings is 1. The van der Waals surface area contributed by atoms with Gasteiger partial charge < -0.3 is 49.3 Å². The maximum atomic E-state index is 10.1. The summed E-state index contributed by atoms with van der Waals surface area (Å²) in [6, 6.07) is 15.2. The van der Waals surface area contributed by atoms with Crippen LogP contribution in [0.2, 0.25) is 0 Å². The van der Waals surface area contributed by atoms with E-state index in [9.17, 15) is 29.7 Å². The Balaban J connectivity index is 0.000000251. The molecule has 2 aliphatic heterocycles. The number of benzene rings is 2.